The number of anilines is 1. The molecule has 0 radical (unpaired) electrons. The monoisotopic (exact) mass is 266 g/mol. The van der Waals surface area contributed by atoms with Gasteiger partial charge in [-0.1, -0.05) is 12.1 Å². The molecule has 0 saturated heterocycles. The third-order valence-corrected chi connectivity index (χ3v) is 2.82. The van der Waals surface area contributed by atoms with Crippen molar-refractivity contribution in [1.82, 2.24) is 10.3 Å². The third-order valence-electron chi connectivity index (χ3n) is 2.82. The Labute approximate surface area is 117 Å². The highest BCUT2D eigenvalue weighted by Crippen LogP contribution is 2.09. The zero-order valence-electron chi connectivity index (χ0n) is 11.1. The van der Waals surface area contributed by atoms with Crippen molar-refractivity contribution in [3.63, 3.8) is 0 Å². The fourth-order valence-corrected chi connectivity index (χ4v) is 1.69. The number of rotatable bonds is 4. The number of hydrogen-bond acceptors (Lipinski definition) is 4. The van der Waals surface area contributed by atoms with E-state index in [4.69, 9.17) is 5.26 Å². The van der Waals surface area contributed by atoms with E-state index >= 15 is 0 Å². The highest BCUT2D eigenvalue weighted by molar-refractivity contribution is 5.93. The molecule has 2 aromatic rings. The van der Waals surface area contributed by atoms with Crippen LogP contribution in [0.2, 0.25) is 0 Å². The van der Waals surface area contributed by atoms with E-state index in [1.165, 1.54) is 0 Å². The van der Waals surface area contributed by atoms with Crippen molar-refractivity contribution in [2.45, 2.75) is 6.54 Å². The smallest absolute Gasteiger partial charge is 0.251 e. The Bertz CT molecular complexity index is 626. The summed E-state index contributed by atoms with van der Waals surface area (Å²) in [4.78, 5) is 15.4. The average Bonchev–Trinajstić information content (AvgIpc) is 2.53. The topological polar surface area (TPSA) is 77.8 Å². The maximum atomic E-state index is 11.4. The number of nitrogens with zero attached hydrogens (tertiary/aromatic N) is 2. The molecule has 2 rings (SSSR count). The first-order valence-corrected chi connectivity index (χ1v) is 6.14. The van der Waals surface area contributed by atoms with Crippen molar-refractivity contribution in [1.29, 1.82) is 5.26 Å². The van der Waals surface area contributed by atoms with Gasteiger partial charge < -0.3 is 10.6 Å². The lowest BCUT2D eigenvalue weighted by Gasteiger charge is -2.07. The number of aromatic nitrogens is 1. The van der Waals surface area contributed by atoms with Crippen LogP contribution in [-0.4, -0.2) is 17.9 Å². The third kappa shape index (κ3) is 3.33. The van der Waals surface area contributed by atoms with E-state index in [1.807, 2.05) is 24.3 Å². The van der Waals surface area contributed by atoms with Gasteiger partial charge >= 0.3 is 0 Å². The van der Waals surface area contributed by atoms with Crippen LogP contribution in [0.3, 0.4) is 0 Å². The molecule has 5 heteroatoms. The summed E-state index contributed by atoms with van der Waals surface area (Å²) in [7, 11) is 1.61. The van der Waals surface area contributed by atoms with Crippen LogP contribution < -0.4 is 10.6 Å². The molecule has 1 amide bonds. The number of nitriles is 1. The van der Waals surface area contributed by atoms with Gasteiger partial charge in [0.25, 0.3) is 5.91 Å². The Balaban J connectivity index is 1.96. The molecule has 0 aliphatic rings. The van der Waals surface area contributed by atoms with Gasteiger partial charge in [-0.15, -0.1) is 0 Å². The lowest BCUT2D eigenvalue weighted by atomic mass is 10.1. The van der Waals surface area contributed by atoms with Crippen LogP contribution in [0.1, 0.15) is 21.6 Å². The number of hydrogen-bond donors (Lipinski definition) is 2. The first-order valence-electron chi connectivity index (χ1n) is 6.14. The predicted molar refractivity (Wildman–Crippen MR) is 76.1 cm³/mol. The van der Waals surface area contributed by atoms with E-state index in [0.29, 0.717) is 17.8 Å². The molecule has 1 aromatic heterocycles. The molecule has 0 bridgehead atoms. The average molecular weight is 266 g/mol. The molecular formula is C15H14N4O. The summed E-state index contributed by atoms with van der Waals surface area (Å²) in [6, 6.07) is 12.8. The molecule has 0 aliphatic carbocycles. The van der Waals surface area contributed by atoms with Gasteiger partial charge in [0.2, 0.25) is 0 Å². The molecular weight excluding hydrogens is 252 g/mol. The zero-order valence-corrected chi connectivity index (χ0v) is 11.1. The summed E-state index contributed by atoms with van der Waals surface area (Å²) in [6.45, 7) is 0.627. The number of carbonyl (C=O) groups excluding carboxylic acids is 1. The SMILES string of the molecule is CNC(=O)c1ccc(CNc2ccc(C#N)nc2)cc1. The second kappa shape index (κ2) is 6.34. The normalized spacial score (nSPS) is 9.60. The van der Waals surface area contributed by atoms with Gasteiger partial charge in [-0.2, -0.15) is 5.26 Å². The summed E-state index contributed by atoms with van der Waals surface area (Å²) < 4.78 is 0. The van der Waals surface area contributed by atoms with Gasteiger partial charge in [-0.05, 0) is 29.8 Å². The van der Waals surface area contributed by atoms with E-state index in [0.717, 1.165) is 11.3 Å². The summed E-state index contributed by atoms with van der Waals surface area (Å²) >= 11 is 0. The fourth-order valence-electron chi connectivity index (χ4n) is 1.69. The van der Waals surface area contributed by atoms with Crippen LogP contribution in [0.15, 0.2) is 42.6 Å². The molecule has 2 N–H and O–H groups in total. The maximum absolute atomic E-state index is 11.4. The van der Waals surface area contributed by atoms with Gasteiger partial charge in [0.15, 0.2) is 0 Å². The molecule has 1 aromatic carbocycles. The van der Waals surface area contributed by atoms with Crippen LogP contribution in [-0.2, 0) is 6.54 Å². The second-order valence-electron chi connectivity index (χ2n) is 4.17. The number of amides is 1. The van der Waals surface area contributed by atoms with E-state index in [9.17, 15) is 4.79 Å². The van der Waals surface area contributed by atoms with Crippen molar-refractivity contribution in [2.75, 3.05) is 12.4 Å². The summed E-state index contributed by atoms with van der Waals surface area (Å²) in [6.07, 6.45) is 1.62. The summed E-state index contributed by atoms with van der Waals surface area (Å²) in [5, 5.41) is 14.4. The molecule has 0 spiro atoms. The zero-order chi connectivity index (χ0) is 14.4. The first-order chi connectivity index (χ1) is 9.72. The molecule has 1 heterocycles. The Morgan fingerprint density at radius 2 is 2.00 bits per heavy atom. The van der Waals surface area contributed by atoms with E-state index < -0.39 is 0 Å². The molecule has 0 saturated carbocycles. The van der Waals surface area contributed by atoms with Crippen LogP contribution >= 0.6 is 0 Å². The van der Waals surface area contributed by atoms with Gasteiger partial charge in [0, 0.05) is 19.2 Å². The Hall–Kier alpha value is -2.87. The molecule has 0 aliphatic heterocycles. The minimum absolute atomic E-state index is 0.0965. The van der Waals surface area contributed by atoms with Crippen LogP contribution in [0.25, 0.3) is 0 Å². The van der Waals surface area contributed by atoms with Gasteiger partial charge in [-0.3, -0.25) is 4.79 Å². The lowest BCUT2D eigenvalue weighted by Crippen LogP contribution is -2.17. The molecule has 20 heavy (non-hydrogen) atoms. The van der Waals surface area contributed by atoms with Crippen molar-refractivity contribution in [3.05, 3.63) is 59.4 Å². The molecule has 0 fully saturated rings. The van der Waals surface area contributed by atoms with Gasteiger partial charge in [0.1, 0.15) is 11.8 Å². The highest BCUT2D eigenvalue weighted by atomic mass is 16.1. The molecule has 0 atom stereocenters. The molecule has 0 unspecified atom stereocenters. The Morgan fingerprint density at radius 1 is 1.25 bits per heavy atom. The van der Waals surface area contributed by atoms with E-state index in [2.05, 4.69) is 15.6 Å². The van der Waals surface area contributed by atoms with Crippen LogP contribution in [0, 0.1) is 11.3 Å². The summed E-state index contributed by atoms with van der Waals surface area (Å²) in [5.41, 5.74) is 2.93. The number of carbonyl (C=O) groups is 1. The second-order valence-corrected chi connectivity index (χ2v) is 4.17. The largest absolute Gasteiger partial charge is 0.380 e. The van der Waals surface area contributed by atoms with Crippen molar-refractivity contribution in [2.24, 2.45) is 0 Å². The number of nitrogens with one attached hydrogen (secondary N) is 2. The molecule has 100 valence electrons. The Morgan fingerprint density at radius 3 is 2.55 bits per heavy atom. The van der Waals surface area contributed by atoms with E-state index in [1.54, 1.807) is 31.4 Å². The van der Waals surface area contributed by atoms with Crippen molar-refractivity contribution in [3.8, 4) is 6.07 Å². The van der Waals surface area contributed by atoms with E-state index in [-0.39, 0.29) is 5.91 Å². The van der Waals surface area contributed by atoms with Crippen LogP contribution in [0.4, 0.5) is 5.69 Å². The fraction of sp³-hybridized carbons (Fsp3) is 0.133. The first kappa shape index (κ1) is 13.6. The number of benzene rings is 1. The summed E-state index contributed by atoms with van der Waals surface area (Å²) in [5.74, 6) is -0.0965. The predicted octanol–water partition coefficient (Wildman–Crippen LogP) is 1.92. The quantitative estimate of drug-likeness (QED) is 0.886. The van der Waals surface area contributed by atoms with Crippen molar-refractivity contribution < 1.29 is 4.79 Å². The minimum Gasteiger partial charge on any atom is -0.380 e. The molecule has 5 nitrogen and oxygen atoms in total. The van der Waals surface area contributed by atoms with Crippen LogP contribution in [0.5, 0.6) is 0 Å². The Kier molecular flexibility index (Phi) is 4.30. The lowest BCUT2D eigenvalue weighted by molar-refractivity contribution is 0.0963. The van der Waals surface area contributed by atoms with Crippen molar-refractivity contribution >= 4 is 11.6 Å². The number of pyridine rings is 1. The minimum atomic E-state index is -0.0965. The van der Waals surface area contributed by atoms with Gasteiger partial charge in [0.05, 0.1) is 11.9 Å². The highest BCUT2D eigenvalue weighted by Gasteiger charge is 2.02. The van der Waals surface area contributed by atoms with Gasteiger partial charge in [-0.25, -0.2) is 4.98 Å². The maximum Gasteiger partial charge on any atom is 0.251 e. The standard InChI is InChI=1S/C15H14N4O/c1-17-15(20)12-4-2-11(3-5-12)9-18-14-7-6-13(8-16)19-10-14/h2-7,10,18H,9H2,1H3,(H,17,20).